The second kappa shape index (κ2) is 7.12. The Labute approximate surface area is 147 Å². The molecule has 2 atom stereocenters. The number of unbranched alkanes of at least 4 members (excludes halogenated alkanes) is 1. The SMILES string of the molecule is CCCCOc1c(OC)cc([N+](=O)[O-])c2c1C[C@@H]1O[C@H]2ON=C1[N+](=O)[O-]. The Morgan fingerprint density at radius 2 is 2.12 bits per heavy atom. The molecule has 11 nitrogen and oxygen atoms in total. The van der Waals surface area contributed by atoms with Crippen LogP contribution in [0.15, 0.2) is 11.2 Å². The lowest BCUT2D eigenvalue weighted by Gasteiger charge is -2.31. The third-order valence-electron chi connectivity index (χ3n) is 4.16. The minimum absolute atomic E-state index is 0.00545. The van der Waals surface area contributed by atoms with Crippen LogP contribution in [0.2, 0.25) is 0 Å². The van der Waals surface area contributed by atoms with E-state index >= 15 is 0 Å². The van der Waals surface area contributed by atoms with Crippen molar-refractivity contribution in [2.45, 2.75) is 38.6 Å². The molecule has 0 radical (unpaired) electrons. The molecule has 0 spiro atoms. The molecule has 0 fully saturated rings. The molecule has 2 aliphatic heterocycles. The standard InChI is InChI=1S/C15H17N3O8/c1-3-4-5-24-13-8-6-11-14(18(21)22)16-26-15(25-11)12(8)9(17(19)20)7-10(13)23-2/h7,11,15H,3-6H2,1-2H3/t11-,15-/m0/s1. The fourth-order valence-corrected chi connectivity index (χ4v) is 2.93. The Kier molecular flexibility index (Phi) is 4.89. The van der Waals surface area contributed by atoms with Gasteiger partial charge in [0, 0.05) is 12.0 Å². The van der Waals surface area contributed by atoms with Crippen molar-refractivity contribution >= 4 is 11.5 Å². The molecule has 0 aromatic heterocycles. The summed E-state index contributed by atoms with van der Waals surface area (Å²) in [5, 5.41) is 26.1. The summed E-state index contributed by atoms with van der Waals surface area (Å²) in [6, 6.07) is 1.24. The summed E-state index contributed by atoms with van der Waals surface area (Å²) in [5.74, 6) is 0.0102. The van der Waals surface area contributed by atoms with Gasteiger partial charge in [-0.25, -0.2) is 0 Å². The quantitative estimate of drug-likeness (QED) is 0.424. The molecule has 140 valence electrons. The molecule has 0 N–H and O–H groups in total. The molecule has 0 aliphatic carbocycles. The number of methoxy groups -OCH3 is 1. The van der Waals surface area contributed by atoms with Gasteiger partial charge in [-0.2, -0.15) is 0 Å². The van der Waals surface area contributed by atoms with E-state index in [0.717, 1.165) is 12.8 Å². The summed E-state index contributed by atoms with van der Waals surface area (Å²) < 4.78 is 16.5. The number of nitrogens with zero attached hydrogens (tertiary/aromatic N) is 3. The lowest BCUT2D eigenvalue weighted by Crippen LogP contribution is -2.41. The zero-order chi connectivity index (χ0) is 18.8. The Hall–Kier alpha value is -2.95. The Morgan fingerprint density at radius 1 is 1.35 bits per heavy atom. The summed E-state index contributed by atoms with van der Waals surface area (Å²) in [4.78, 5) is 26.3. The van der Waals surface area contributed by atoms with Gasteiger partial charge >= 0.3 is 5.84 Å². The normalized spacial score (nSPS) is 20.5. The van der Waals surface area contributed by atoms with E-state index in [4.69, 9.17) is 19.0 Å². The van der Waals surface area contributed by atoms with Gasteiger partial charge in [-0.15, -0.1) is 0 Å². The summed E-state index contributed by atoms with van der Waals surface area (Å²) in [6.07, 6.45) is -0.540. The first-order valence-corrected chi connectivity index (χ1v) is 8.02. The van der Waals surface area contributed by atoms with Crippen molar-refractivity contribution in [3.8, 4) is 11.5 Å². The summed E-state index contributed by atoms with van der Waals surface area (Å²) >= 11 is 0. The topological polar surface area (TPSA) is 136 Å². The molecule has 0 saturated carbocycles. The predicted molar refractivity (Wildman–Crippen MR) is 86.9 cm³/mol. The molecule has 0 unspecified atom stereocenters. The molecule has 3 rings (SSSR count). The van der Waals surface area contributed by atoms with Crippen LogP contribution >= 0.6 is 0 Å². The van der Waals surface area contributed by atoms with Gasteiger partial charge in [-0.1, -0.05) is 13.3 Å². The van der Waals surface area contributed by atoms with E-state index in [1.54, 1.807) is 0 Å². The van der Waals surface area contributed by atoms with Crippen molar-refractivity contribution in [1.29, 1.82) is 0 Å². The predicted octanol–water partition coefficient (Wildman–Crippen LogP) is 2.34. The molecule has 2 bridgehead atoms. The van der Waals surface area contributed by atoms with Crippen LogP contribution in [0, 0.1) is 20.2 Å². The number of hydrogen-bond acceptors (Lipinski definition) is 9. The number of benzene rings is 1. The molecule has 0 amide bonds. The van der Waals surface area contributed by atoms with Crippen molar-refractivity contribution in [3.63, 3.8) is 0 Å². The number of rotatable bonds is 6. The van der Waals surface area contributed by atoms with Gasteiger partial charge in [-0.3, -0.25) is 15.0 Å². The Bertz CT molecular complexity index is 779. The second-order valence-electron chi connectivity index (χ2n) is 5.75. The van der Waals surface area contributed by atoms with E-state index in [2.05, 4.69) is 5.16 Å². The number of ether oxygens (including phenoxy) is 3. The zero-order valence-corrected chi connectivity index (χ0v) is 14.2. The van der Waals surface area contributed by atoms with Crippen molar-refractivity contribution < 1.29 is 28.9 Å². The number of oxime groups is 1. The number of nitro groups is 2. The maximum atomic E-state index is 11.5. The van der Waals surface area contributed by atoms with Gasteiger partial charge in [0.2, 0.25) is 0 Å². The van der Waals surface area contributed by atoms with Gasteiger partial charge in [0.25, 0.3) is 12.0 Å². The summed E-state index contributed by atoms with van der Waals surface area (Å²) in [7, 11) is 1.37. The molecular weight excluding hydrogens is 350 g/mol. The van der Waals surface area contributed by atoms with Gasteiger partial charge in [0.15, 0.2) is 22.8 Å². The lowest BCUT2D eigenvalue weighted by atomic mass is 9.93. The first kappa shape index (κ1) is 17.9. The summed E-state index contributed by atoms with van der Waals surface area (Å²) in [5.41, 5.74) is 0.273. The van der Waals surface area contributed by atoms with Crippen LogP contribution in [0.25, 0.3) is 0 Å². The average Bonchev–Trinajstić information content (AvgIpc) is 2.61. The molecular formula is C15H17N3O8. The minimum atomic E-state index is -1.22. The number of nitro benzene ring substituents is 1. The molecule has 2 heterocycles. The maximum absolute atomic E-state index is 11.5. The van der Waals surface area contributed by atoms with Crippen LogP contribution in [0.4, 0.5) is 5.69 Å². The lowest BCUT2D eigenvalue weighted by molar-refractivity contribution is -0.391. The Morgan fingerprint density at radius 3 is 2.73 bits per heavy atom. The highest BCUT2D eigenvalue weighted by Gasteiger charge is 2.48. The van der Waals surface area contributed by atoms with Gasteiger partial charge < -0.3 is 24.3 Å². The zero-order valence-electron chi connectivity index (χ0n) is 14.2. The van der Waals surface area contributed by atoms with Crippen molar-refractivity contribution in [2.75, 3.05) is 13.7 Å². The second-order valence-corrected chi connectivity index (χ2v) is 5.75. The maximum Gasteiger partial charge on any atom is 0.414 e. The van der Waals surface area contributed by atoms with Crippen LogP contribution in [-0.4, -0.2) is 35.5 Å². The number of fused-ring (bicyclic) bond motifs is 4. The minimum Gasteiger partial charge on any atom is -0.493 e. The first-order chi connectivity index (χ1) is 12.5. The molecule has 1 aromatic carbocycles. The molecule has 2 aliphatic rings. The van der Waals surface area contributed by atoms with E-state index in [0.29, 0.717) is 17.9 Å². The van der Waals surface area contributed by atoms with E-state index < -0.39 is 28.1 Å². The summed E-state index contributed by atoms with van der Waals surface area (Å²) in [6.45, 7) is 2.38. The van der Waals surface area contributed by atoms with E-state index in [9.17, 15) is 20.2 Å². The van der Waals surface area contributed by atoms with E-state index in [1.807, 2.05) is 6.92 Å². The van der Waals surface area contributed by atoms with E-state index in [1.165, 1.54) is 13.2 Å². The van der Waals surface area contributed by atoms with Crippen molar-refractivity contribution in [2.24, 2.45) is 5.16 Å². The van der Waals surface area contributed by atoms with E-state index in [-0.39, 0.29) is 23.4 Å². The van der Waals surface area contributed by atoms with Crippen LogP contribution < -0.4 is 9.47 Å². The molecule has 26 heavy (non-hydrogen) atoms. The van der Waals surface area contributed by atoms with Gasteiger partial charge in [0.1, 0.15) is 5.56 Å². The smallest absolute Gasteiger partial charge is 0.414 e. The fourth-order valence-electron chi connectivity index (χ4n) is 2.93. The number of hydrogen-bond donors (Lipinski definition) is 0. The van der Waals surface area contributed by atoms with Gasteiger partial charge in [0.05, 0.1) is 24.7 Å². The first-order valence-electron chi connectivity index (χ1n) is 8.02. The molecule has 1 aromatic rings. The van der Waals surface area contributed by atoms with Crippen molar-refractivity contribution in [1.82, 2.24) is 0 Å². The fraction of sp³-hybridized carbons (Fsp3) is 0.533. The van der Waals surface area contributed by atoms with Crippen LogP contribution in [0.5, 0.6) is 11.5 Å². The van der Waals surface area contributed by atoms with Crippen LogP contribution in [-0.2, 0) is 16.0 Å². The largest absolute Gasteiger partial charge is 0.493 e. The van der Waals surface area contributed by atoms with Crippen molar-refractivity contribution in [3.05, 3.63) is 37.4 Å². The third-order valence-corrected chi connectivity index (χ3v) is 4.16. The molecule has 11 heteroatoms. The van der Waals surface area contributed by atoms with Gasteiger partial charge in [-0.05, 0) is 11.3 Å². The molecule has 0 saturated heterocycles. The highest BCUT2D eigenvalue weighted by atomic mass is 16.8. The third kappa shape index (κ3) is 3.01. The highest BCUT2D eigenvalue weighted by Crippen LogP contribution is 2.48. The average molecular weight is 367 g/mol. The van der Waals surface area contributed by atoms with Crippen LogP contribution in [0.3, 0.4) is 0 Å². The monoisotopic (exact) mass is 367 g/mol. The van der Waals surface area contributed by atoms with Crippen LogP contribution in [0.1, 0.15) is 37.2 Å². The Balaban J connectivity index is 2.12. The highest BCUT2D eigenvalue weighted by molar-refractivity contribution is 5.80. The number of amidine groups is 1.